The zero-order valence-corrected chi connectivity index (χ0v) is 14.1. The Morgan fingerprint density at radius 2 is 2.16 bits per heavy atom. The van der Waals surface area contributed by atoms with Crippen LogP contribution >= 0.6 is 38.5 Å². The highest BCUT2D eigenvalue weighted by Gasteiger charge is 2.14. The van der Waals surface area contributed by atoms with Gasteiger partial charge in [-0.05, 0) is 56.7 Å². The van der Waals surface area contributed by atoms with Crippen molar-refractivity contribution in [2.24, 2.45) is 0 Å². The predicted molar refractivity (Wildman–Crippen MR) is 84.4 cm³/mol. The Morgan fingerprint density at radius 1 is 1.42 bits per heavy atom. The number of ether oxygens (including phenoxy) is 2. The molecule has 0 unspecified atom stereocenters. The van der Waals surface area contributed by atoms with Crippen molar-refractivity contribution < 1.29 is 14.3 Å². The second-order valence-electron chi connectivity index (χ2n) is 4.21. The summed E-state index contributed by atoms with van der Waals surface area (Å²) >= 11 is 5.55. The van der Waals surface area contributed by atoms with Crippen LogP contribution in [0.25, 0.3) is 0 Å². The van der Waals surface area contributed by atoms with Crippen molar-refractivity contribution in [3.8, 4) is 0 Å². The third-order valence-corrected chi connectivity index (χ3v) is 4.26. The van der Waals surface area contributed by atoms with Crippen LogP contribution in [-0.4, -0.2) is 50.3 Å². The minimum atomic E-state index is -0.279. The Bertz CT molecular complexity index is 450. The van der Waals surface area contributed by atoms with Gasteiger partial charge in [-0.25, -0.2) is 4.79 Å². The van der Waals surface area contributed by atoms with Crippen LogP contribution in [0, 0.1) is 3.57 Å². The first kappa shape index (κ1) is 15.2. The first-order valence-corrected chi connectivity index (χ1v) is 7.96. The van der Waals surface area contributed by atoms with Crippen LogP contribution in [0.1, 0.15) is 10.4 Å². The van der Waals surface area contributed by atoms with E-state index in [1.807, 2.05) is 18.2 Å². The maximum absolute atomic E-state index is 12.0. The highest BCUT2D eigenvalue weighted by molar-refractivity contribution is 14.1. The Balaban J connectivity index is 1.82. The molecule has 1 aliphatic heterocycles. The third-order valence-electron chi connectivity index (χ3n) is 2.89. The molecule has 1 aliphatic rings. The highest BCUT2D eigenvalue weighted by atomic mass is 127. The van der Waals surface area contributed by atoms with Gasteiger partial charge in [-0.15, -0.1) is 0 Å². The van der Waals surface area contributed by atoms with Crippen molar-refractivity contribution >= 4 is 44.5 Å². The smallest absolute Gasteiger partial charge is 0.339 e. The Hall–Kier alpha value is -0.180. The lowest BCUT2D eigenvalue weighted by atomic mass is 10.2. The van der Waals surface area contributed by atoms with Gasteiger partial charge < -0.3 is 9.47 Å². The Morgan fingerprint density at radius 3 is 2.89 bits per heavy atom. The van der Waals surface area contributed by atoms with Crippen LogP contribution in [0.3, 0.4) is 0 Å². The lowest BCUT2D eigenvalue weighted by Gasteiger charge is -2.26. The summed E-state index contributed by atoms with van der Waals surface area (Å²) < 4.78 is 12.4. The van der Waals surface area contributed by atoms with E-state index >= 15 is 0 Å². The molecule has 0 atom stereocenters. The van der Waals surface area contributed by atoms with E-state index in [0.717, 1.165) is 40.9 Å². The molecule has 1 fully saturated rings. The minimum absolute atomic E-state index is 0.279. The molecule has 4 nitrogen and oxygen atoms in total. The fraction of sp³-hybridized carbons (Fsp3) is 0.462. The molecule has 1 heterocycles. The molecule has 6 heteroatoms. The number of benzene rings is 1. The molecule has 0 amide bonds. The summed E-state index contributed by atoms with van der Waals surface area (Å²) in [5.74, 6) is -0.279. The van der Waals surface area contributed by atoms with E-state index in [1.165, 1.54) is 0 Å². The van der Waals surface area contributed by atoms with E-state index < -0.39 is 0 Å². The van der Waals surface area contributed by atoms with E-state index in [4.69, 9.17) is 9.47 Å². The summed E-state index contributed by atoms with van der Waals surface area (Å²) in [7, 11) is 0. The van der Waals surface area contributed by atoms with Crippen molar-refractivity contribution in [3.63, 3.8) is 0 Å². The normalized spacial score (nSPS) is 16.3. The van der Waals surface area contributed by atoms with Crippen LogP contribution in [0.5, 0.6) is 0 Å². The second-order valence-corrected chi connectivity index (χ2v) is 6.31. The molecule has 1 aromatic carbocycles. The van der Waals surface area contributed by atoms with Crippen molar-refractivity contribution in [3.05, 3.63) is 31.8 Å². The largest absolute Gasteiger partial charge is 0.461 e. The number of nitrogens with zero attached hydrogens (tertiary/aromatic N) is 1. The zero-order chi connectivity index (χ0) is 13.7. The number of carbonyl (C=O) groups is 1. The van der Waals surface area contributed by atoms with Gasteiger partial charge >= 0.3 is 5.97 Å². The number of carbonyl (C=O) groups excluding carboxylic acids is 1. The lowest BCUT2D eigenvalue weighted by molar-refractivity contribution is 0.0195. The van der Waals surface area contributed by atoms with Gasteiger partial charge in [0, 0.05) is 27.7 Å². The monoisotopic (exact) mass is 439 g/mol. The average molecular weight is 440 g/mol. The van der Waals surface area contributed by atoms with Crippen LogP contribution in [0.4, 0.5) is 0 Å². The molecule has 0 aromatic heterocycles. The summed E-state index contributed by atoms with van der Waals surface area (Å²) in [6.07, 6.45) is 0. The molecule has 0 saturated carbocycles. The van der Waals surface area contributed by atoms with Gasteiger partial charge in [-0.3, -0.25) is 4.90 Å². The van der Waals surface area contributed by atoms with E-state index in [-0.39, 0.29) is 5.97 Å². The van der Waals surface area contributed by atoms with Crippen LogP contribution in [-0.2, 0) is 9.47 Å². The number of morpholine rings is 1. The van der Waals surface area contributed by atoms with Gasteiger partial charge in [-0.2, -0.15) is 0 Å². The molecule has 1 aromatic rings. The molecule has 0 N–H and O–H groups in total. The Kier molecular flexibility index (Phi) is 6.06. The van der Waals surface area contributed by atoms with Crippen LogP contribution in [0.15, 0.2) is 22.7 Å². The first-order chi connectivity index (χ1) is 9.16. The van der Waals surface area contributed by atoms with Crippen molar-refractivity contribution in [1.82, 2.24) is 4.90 Å². The number of hydrogen-bond acceptors (Lipinski definition) is 4. The molecular formula is C13H15BrINO3. The van der Waals surface area contributed by atoms with Crippen molar-refractivity contribution in [1.29, 1.82) is 0 Å². The fourth-order valence-electron chi connectivity index (χ4n) is 1.82. The minimum Gasteiger partial charge on any atom is -0.461 e. The van der Waals surface area contributed by atoms with E-state index in [9.17, 15) is 4.79 Å². The highest BCUT2D eigenvalue weighted by Crippen LogP contribution is 2.20. The summed E-state index contributed by atoms with van der Waals surface area (Å²) in [5.41, 5.74) is 0.578. The van der Waals surface area contributed by atoms with E-state index in [2.05, 4.69) is 43.4 Å². The van der Waals surface area contributed by atoms with Gasteiger partial charge in [0.1, 0.15) is 6.61 Å². The molecular weight excluding hydrogens is 425 g/mol. The van der Waals surface area contributed by atoms with Gasteiger partial charge in [0.15, 0.2) is 0 Å². The number of rotatable bonds is 4. The van der Waals surface area contributed by atoms with E-state index in [1.54, 1.807) is 0 Å². The lowest BCUT2D eigenvalue weighted by Crippen LogP contribution is -2.38. The van der Waals surface area contributed by atoms with Crippen LogP contribution in [0.2, 0.25) is 0 Å². The molecule has 19 heavy (non-hydrogen) atoms. The molecule has 2 rings (SSSR count). The molecule has 104 valence electrons. The summed E-state index contributed by atoms with van der Waals surface area (Å²) in [4.78, 5) is 14.2. The van der Waals surface area contributed by atoms with Crippen LogP contribution < -0.4 is 0 Å². The molecule has 0 spiro atoms. The number of esters is 1. The second kappa shape index (κ2) is 7.56. The fourth-order valence-corrected chi connectivity index (χ4v) is 2.72. The van der Waals surface area contributed by atoms with Gasteiger partial charge in [0.05, 0.1) is 18.8 Å². The first-order valence-electron chi connectivity index (χ1n) is 6.09. The molecule has 0 aliphatic carbocycles. The molecule has 0 radical (unpaired) electrons. The topological polar surface area (TPSA) is 38.8 Å². The standard InChI is InChI=1S/C13H15BrINO3/c14-12-2-1-10(15)9-11(12)13(17)19-8-5-16-3-6-18-7-4-16/h1-2,9H,3-8H2. The van der Waals surface area contributed by atoms with Crippen molar-refractivity contribution in [2.75, 3.05) is 39.5 Å². The van der Waals surface area contributed by atoms with Crippen molar-refractivity contribution in [2.45, 2.75) is 0 Å². The van der Waals surface area contributed by atoms with E-state index in [0.29, 0.717) is 12.2 Å². The summed E-state index contributed by atoms with van der Waals surface area (Å²) in [6.45, 7) is 4.51. The molecule has 0 bridgehead atoms. The average Bonchev–Trinajstić information content (AvgIpc) is 2.42. The van der Waals surface area contributed by atoms with Gasteiger partial charge in [-0.1, -0.05) is 0 Å². The quantitative estimate of drug-likeness (QED) is 0.533. The SMILES string of the molecule is O=C(OCCN1CCOCC1)c1cc(I)ccc1Br. The summed E-state index contributed by atoms with van der Waals surface area (Å²) in [5, 5.41) is 0. The summed E-state index contributed by atoms with van der Waals surface area (Å²) in [6, 6.07) is 5.62. The van der Waals surface area contributed by atoms with Gasteiger partial charge in [0.25, 0.3) is 0 Å². The predicted octanol–water partition coefficient (Wildman–Crippen LogP) is 2.54. The molecule has 1 saturated heterocycles. The Labute approximate surface area is 134 Å². The maximum Gasteiger partial charge on any atom is 0.339 e. The van der Waals surface area contributed by atoms with Gasteiger partial charge in [0.2, 0.25) is 0 Å². The zero-order valence-electron chi connectivity index (χ0n) is 10.4. The third kappa shape index (κ3) is 4.70. The number of halogens is 2. The number of hydrogen-bond donors (Lipinski definition) is 0. The maximum atomic E-state index is 12.0.